The zero-order valence-corrected chi connectivity index (χ0v) is 12.4. The highest BCUT2D eigenvalue weighted by Gasteiger charge is 2.47. The smallest absolute Gasteiger partial charge is 0.410 e. The number of ether oxygens (including phenoxy) is 1. The number of piperidine rings is 1. The van der Waals surface area contributed by atoms with Crippen LogP contribution in [0.4, 0.5) is 4.79 Å². The molecule has 0 saturated carbocycles. The third-order valence-corrected chi connectivity index (χ3v) is 3.52. The van der Waals surface area contributed by atoms with Crippen LogP contribution in [0.25, 0.3) is 0 Å². The Balaban J connectivity index is 2.88. The summed E-state index contributed by atoms with van der Waals surface area (Å²) in [6.45, 7) is 6.60. The van der Waals surface area contributed by atoms with E-state index in [1.54, 1.807) is 20.8 Å². The van der Waals surface area contributed by atoms with Gasteiger partial charge >= 0.3 is 12.1 Å². The molecule has 1 aliphatic rings. The fraction of sp³-hybridized carbons (Fsp3) is 0.846. The zero-order chi connectivity index (χ0) is 14.8. The minimum atomic E-state index is -1.16. The number of aliphatic carboxylic acids is 1. The second-order valence-electron chi connectivity index (χ2n) is 6.18. The molecule has 1 saturated heterocycles. The molecule has 6 nitrogen and oxygen atoms in total. The quantitative estimate of drug-likeness (QED) is 0.823. The minimum absolute atomic E-state index is 0.411. The number of likely N-dealkylation sites (N-methyl/N-ethyl adjacent to an activating group) is 1. The van der Waals surface area contributed by atoms with Gasteiger partial charge in [0.1, 0.15) is 11.1 Å². The van der Waals surface area contributed by atoms with Gasteiger partial charge < -0.3 is 14.7 Å². The molecule has 1 aliphatic heterocycles. The minimum Gasteiger partial charge on any atom is -0.479 e. The van der Waals surface area contributed by atoms with Crippen LogP contribution in [0.2, 0.25) is 0 Å². The van der Waals surface area contributed by atoms with E-state index in [9.17, 15) is 14.7 Å². The fourth-order valence-corrected chi connectivity index (χ4v) is 2.19. The van der Waals surface area contributed by atoms with Crippen LogP contribution in [0.15, 0.2) is 0 Å². The van der Waals surface area contributed by atoms with Crippen molar-refractivity contribution >= 4 is 12.1 Å². The first-order chi connectivity index (χ1) is 8.58. The van der Waals surface area contributed by atoms with Gasteiger partial charge in [0.05, 0.1) is 0 Å². The molecule has 1 rings (SSSR count). The molecule has 110 valence electrons. The van der Waals surface area contributed by atoms with E-state index < -0.39 is 23.2 Å². The number of carboxylic acids is 1. The molecule has 0 aromatic rings. The Kier molecular flexibility index (Phi) is 4.45. The predicted octanol–water partition coefficient (Wildman–Crippen LogP) is 1.40. The maximum atomic E-state index is 12.1. The van der Waals surface area contributed by atoms with Crippen molar-refractivity contribution < 1.29 is 19.4 Å². The van der Waals surface area contributed by atoms with Gasteiger partial charge in [-0.3, -0.25) is 4.90 Å². The summed E-state index contributed by atoms with van der Waals surface area (Å²) in [5.74, 6) is -0.964. The molecule has 0 unspecified atom stereocenters. The molecule has 6 heteroatoms. The third-order valence-electron chi connectivity index (χ3n) is 3.52. The second kappa shape index (κ2) is 5.36. The number of carboxylic acid groups (broad SMARTS) is 1. The first kappa shape index (κ1) is 15.8. The summed E-state index contributed by atoms with van der Waals surface area (Å²) < 4.78 is 5.26. The molecular weight excluding hydrogens is 248 g/mol. The van der Waals surface area contributed by atoms with Crippen LogP contribution in [0, 0.1) is 0 Å². The molecule has 0 spiro atoms. The highest BCUT2D eigenvalue weighted by molar-refractivity contribution is 5.84. The maximum absolute atomic E-state index is 12.1. The molecule has 19 heavy (non-hydrogen) atoms. The van der Waals surface area contributed by atoms with Crippen LogP contribution in [0.3, 0.4) is 0 Å². The van der Waals surface area contributed by atoms with E-state index in [0.717, 1.165) is 0 Å². The van der Waals surface area contributed by atoms with E-state index in [4.69, 9.17) is 4.74 Å². The Hall–Kier alpha value is -1.30. The van der Waals surface area contributed by atoms with Gasteiger partial charge in [-0.2, -0.15) is 0 Å². The normalized spacial score (nSPS) is 19.8. The molecule has 0 atom stereocenters. The average molecular weight is 272 g/mol. The maximum Gasteiger partial charge on any atom is 0.410 e. The van der Waals surface area contributed by atoms with E-state index >= 15 is 0 Å². The molecule has 1 heterocycles. The number of likely N-dealkylation sites (tertiary alicyclic amines) is 1. The summed E-state index contributed by atoms with van der Waals surface area (Å²) in [5, 5.41) is 9.52. The van der Waals surface area contributed by atoms with Crippen LogP contribution < -0.4 is 0 Å². The Morgan fingerprint density at radius 3 is 2.11 bits per heavy atom. The largest absolute Gasteiger partial charge is 0.479 e. The summed E-state index contributed by atoms with van der Waals surface area (Å²) >= 11 is 0. The van der Waals surface area contributed by atoms with Crippen molar-refractivity contribution in [2.45, 2.75) is 44.8 Å². The van der Waals surface area contributed by atoms with Gasteiger partial charge in [-0.05, 0) is 40.7 Å². The molecule has 0 radical (unpaired) electrons. The Labute approximate surface area is 114 Å². The second-order valence-corrected chi connectivity index (χ2v) is 6.18. The number of amides is 1. The van der Waals surface area contributed by atoms with Crippen molar-refractivity contribution in [2.75, 3.05) is 27.2 Å². The summed E-state index contributed by atoms with van der Waals surface area (Å²) in [7, 11) is 3.45. The number of hydrogen-bond donors (Lipinski definition) is 1. The molecule has 1 fully saturated rings. The summed E-state index contributed by atoms with van der Waals surface area (Å²) in [4.78, 5) is 27.0. The Morgan fingerprint density at radius 2 is 1.74 bits per heavy atom. The van der Waals surface area contributed by atoms with Crippen molar-refractivity contribution in [3.63, 3.8) is 0 Å². The van der Waals surface area contributed by atoms with Crippen molar-refractivity contribution in [1.82, 2.24) is 9.80 Å². The molecular formula is C13H24N2O4. The topological polar surface area (TPSA) is 70.1 Å². The number of carbonyl (C=O) groups is 2. The highest BCUT2D eigenvalue weighted by Crippen LogP contribution is 2.29. The van der Waals surface area contributed by atoms with Gasteiger partial charge in [0.2, 0.25) is 0 Å². The van der Waals surface area contributed by atoms with Gasteiger partial charge in [-0.15, -0.1) is 0 Å². The van der Waals surface area contributed by atoms with Crippen LogP contribution >= 0.6 is 0 Å². The van der Waals surface area contributed by atoms with Crippen molar-refractivity contribution in [3.8, 4) is 0 Å². The van der Waals surface area contributed by atoms with Crippen molar-refractivity contribution in [2.24, 2.45) is 0 Å². The molecule has 0 bridgehead atoms. The summed E-state index contributed by atoms with van der Waals surface area (Å²) in [6.07, 6.45) is 0.239. The van der Waals surface area contributed by atoms with E-state index in [1.165, 1.54) is 11.9 Å². The lowest BCUT2D eigenvalue weighted by Crippen LogP contribution is -2.60. The zero-order valence-electron chi connectivity index (χ0n) is 12.4. The van der Waals surface area contributed by atoms with Gasteiger partial charge in [0, 0.05) is 20.1 Å². The molecule has 0 aliphatic carbocycles. The molecule has 0 aromatic carbocycles. The van der Waals surface area contributed by atoms with E-state index in [0.29, 0.717) is 25.9 Å². The van der Waals surface area contributed by atoms with Crippen molar-refractivity contribution in [1.29, 1.82) is 0 Å². The Morgan fingerprint density at radius 1 is 1.26 bits per heavy atom. The number of carbonyl (C=O) groups excluding carboxylic acids is 1. The predicted molar refractivity (Wildman–Crippen MR) is 71.1 cm³/mol. The van der Waals surface area contributed by atoms with Crippen LogP contribution in [-0.2, 0) is 9.53 Å². The number of nitrogens with zero attached hydrogens (tertiary/aromatic N) is 2. The van der Waals surface area contributed by atoms with Crippen LogP contribution in [0.5, 0.6) is 0 Å². The molecule has 1 amide bonds. The van der Waals surface area contributed by atoms with E-state index in [2.05, 4.69) is 4.90 Å². The van der Waals surface area contributed by atoms with Crippen molar-refractivity contribution in [3.05, 3.63) is 0 Å². The molecule has 0 aromatic heterocycles. The van der Waals surface area contributed by atoms with E-state index in [-0.39, 0.29) is 0 Å². The Bertz CT molecular complexity index is 354. The fourth-order valence-electron chi connectivity index (χ4n) is 2.19. The average Bonchev–Trinajstić information content (AvgIpc) is 2.26. The lowest BCUT2D eigenvalue weighted by atomic mass is 9.86. The van der Waals surface area contributed by atoms with Gasteiger partial charge in [0.25, 0.3) is 0 Å². The number of hydrogen-bond acceptors (Lipinski definition) is 4. The summed E-state index contributed by atoms with van der Waals surface area (Å²) in [5.41, 5.74) is -1.79. The lowest BCUT2D eigenvalue weighted by molar-refractivity contribution is -0.153. The monoisotopic (exact) mass is 272 g/mol. The summed E-state index contributed by atoms with van der Waals surface area (Å²) in [6, 6.07) is 0. The van der Waals surface area contributed by atoms with Gasteiger partial charge in [-0.1, -0.05) is 0 Å². The third kappa shape index (κ3) is 3.59. The number of rotatable bonds is 2. The standard InChI is InChI=1S/C13H24N2O4/c1-12(2,3)19-11(18)15(5)13(10(16)17)6-8-14(4)9-7-13/h6-9H2,1-5H3,(H,16,17). The lowest BCUT2D eigenvalue weighted by Gasteiger charge is -2.43. The first-order valence-electron chi connectivity index (χ1n) is 6.47. The van der Waals surface area contributed by atoms with Gasteiger partial charge in [0.15, 0.2) is 0 Å². The molecule has 1 N–H and O–H groups in total. The first-order valence-corrected chi connectivity index (χ1v) is 6.47. The van der Waals surface area contributed by atoms with E-state index in [1.807, 2.05) is 7.05 Å². The highest BCUT2D eigenvalue weighted by atomic mass is 16.6. The van der Waals surface area contributed by atoms with Crippen LogP contribution in [-0.4, -0.2) is 65.3 Å². The van der Waals surface area contributed by atoms with Crippen LogP contribution in [0.1, 0.15) is 33.6 Å². The SMILES string of the molecule is CN1CCC(C(=O)O)(N(C)C(=O)OC(C)(C)C)CC1. The van der Waals surface area contributed by atoms with Gasteiger partial charge in [-0.25, -0.2) is 9.59 Å².